The Kier molecular flexibility index (Phi) is 8.30. The van der Waals surface area contributed by atoms with E-state index in [-0.39, 0.29) is 0 Å². The summed E-state index contributed by atoms with van der Waals surface area (Å²) in [6.45, 7) is 7.96. The fourth-order valence-electron chi connectivity index (χ4n) is 3.21. The lowest BCUT2D eigenvalue weighted by Crippen LogP contribution is -2.38. The lowest BCUT2D eigenvalue weighted by molar-refractivity contribution is 0.140. The van der Waals surface area contributed by atoms with Gasteiger partial charge < -0.3 is 0 Å². The third-order valence-corrected chi connectivity index (χ3v) is 5.85. The maximum Gasteiger partial charge on any atom is 0.0409 e. The van der Waals surface area contributed by atoms with Gasteiger partial charge in [-0.15, -0.1) is 0 Å². The SMILES string of the molecule is CCCC(CBr)(CCC)CN(C)C(C)c1cccc(Cl)c1. The van der Waals surface area contributed by atoms with Gasteiger partial charge in [0.1, 0.15) is 0 Å². The average molecular weight is 375 g/mol. The van der Waals surface area contributed by atoms with E-state index >= 15 is 0 Å². The van der Waals surface area contributed by atoms with Gasteiger partial charge in [-0.25, -0.2) is 0 Å². The highest BCUT2D eigenvalue weighted by Gasteiger charge is 2.30. The van der Waals surface area contributed by atoms with Crippen LogP contribution in [0.15, 0.2) is 24.3 Å². The van der Waals surface area contributed by atoms with E-state index in [1.165, 1.54) is 31.2 Å². The second-order valence-electron chi connectivity index (χ2n) is 6.28. The predicted molar refractivity (Wildman–Crippen MR) is 98.5 cm³/mol. The molecule has 1 nitrogen and oxygen atoms in total. The molecule has 1 aromatic carbocycles. The molecule has 0 saturated heterocycles. The molecule has 0 amide bonds. The Morgan fingerprint density at radius 3 is 2.33 bits per heavy atom. The van der Waals surface area contributed by atoms with E-state index in [0.29, 0.717) is 11.5 Å². The van der Waals surface area contributed by atoms with E-state index in [9.17, 15) is 0 Å². The molecule has 0 radical (unpaired) electrons. The van der Waals surface area contributed by atoms with Crippen LogP contribution in [0.2, 0.25) is 5.02 Å². The lowest BCUT2D eigenvalue weighted by atomic mass is 9.80. The smallest absolute Gasteiger partial charge is 0.0409 e. The maximum atomic E-state index is 6.13. The molecule has 120 valence electrons. The highest BCUT2D eigenvalue weighted by atomic mass is 79.9. The molecule has 0 aliphatic rings. The molecule has 3 heteroatoms. The number of benzene rings is 1. The third kappa shape index (κ3) is 5.58. The number of nitrogens with zero attached hydrogens (tertiary/aromatic N) is 1. The molecule has 0 aliphatic heterocycles. The summed E-state index contributed by atoms with van der Waals surface area (Å²) in [5.41, 5.74) is 1.67. The van der Waals surface area contributed by atoms with Crippen LogP contribution in [0.3, 0.4) is 0 Å². The first kappa shape index (κ1) is 19.0. The highest BCUT2D eigenvalue weighted by molar-refractivity contribution is 9.09. The standard InChI is InChI=1S/C18H29BrClN/c1-5-10-18(13-19,11-6-2)14-21(4)15(3)16-8-7-9-17(20)12-16/h7-9,12,15H,5-6,10-11,13-14H2,1-4H3. The van der Waals surface area contributed by atoms with Crippen molar-refractivity contribution in [1.29, 1.82) is 0 Å². The summed E-state index contributed by atoms with van der Waals surface area (Å²) in [6.07, 6.45) is 5.04. The van der Waals surface area contributed by atoms with Crippen molar-refractivity contribution in [2.75, 3.05) is 18.9 Å². The second kappa shape index (κ2) is 9.17. The summed E-state index contributed by atoms with van der Waals surface area (Å²) in [5, 5.41) is 1.90. The zero-order chi connectivity index (χ0) is 15.9. The molecule has 1 atom stereocenters. The third-order valence-electron chi connectivity index (χ3n) is 4.42. The fraction of sp³-hybridized carbons (Fsp3) is 0.667. The van der Waals surface area contributed by atoms with Crippen molar-refractivity contribution < 1.29 is 0 Å². The molecule has 0 aromatic heterocycles. The number of halogens is 2. The van der Waals surface area contributed by atoms with Gasteiger partial charge in [0.2, 0.25) is 0 Å². The molecular weight excluding hydrogens is 346 g/mol. The summed E-state index contributed by atoms with van der Waals surface area (Å²) >= 11 is 9.90. The van der Waals surface area contributed by atoms with Gasteiger partial charge >= 0.3 is 0 Å². The predicted octanol–water partition coefficient (Wildman–Crippen LogP) is 6.31. The molecule has 1 rings (SSSR count). The quantitative estimate of drug-likeness (QED) is 0.457. The Labute approximate surface area is 144 Å². The van der Waals surface area contributed by atoms with Crippen molar-refractivity contribution in [3.05, 3.63) is 34.9 Å². The molecule has 1 aromatic rings. The topological polar surface area (TPSA) is 3.24 Å². The Morgan fingerprint density at radius 2 is 1.86 bits per heavy atom. The van der Waals surface area contributed by atoms with Gasteiger partial charge in [0, 0.05) is 22.9 Å². The van der Waals surface area contributed by atoms with E-state index in [0.717, 1.165) is 16.9 Å². The van der Waals surface area contributed by atoms with Gasteiger partial charge in [0.25, 0.3) is 0 Å². The first-order valence-corrected chi connectivity index (χ1v) is 9.49. The lowest BCUT2D eigenvalue weighted by Gasteiger charge is -2.38. The van der Waals surface area contributed by atoms with Gasteiger partial charge in [-0.2, -0.15) is 0 Å². The van der Waals surface area contributed by atoms with Crippen molar-refractivity contribution >= 4 is 27.5 Å². The van der Waals surface area contributed by atoms with Crippen LogP contribution in [0.25, 0.3) is 0 Å². The minimum atomic E-state index is 0.380. The van der Waals surface area contributed by atoms with Gasteiger partial charge in [-0.05, 0) is 49.9 Å². The minimum Gasteiger partial charge on any atom is -0.299 e. The Hall–Kier alpha value is -0.0500. The second-order valence-corrected chi connectivity index (χ2v) is 7.28. The molecule has 0 heterocycles. The van der Waals surface area contributed by atoms with Crippen molar-refractivity contribution in [1.82, 2.24) is 4.90 Å². The maximum absolute atomic E-state index is 6.13. The monoisotopic (exact) mass is 373 g/mol. The molecule has 0 bridgehead atoms. The summed E-state index contributed by atoms with van der Waals surface area (Å²) in [7, 11) is 2.23. The van der Waals surface area contributed by atoms with E-state index in [1.807, 2.05) is 12.1 Å². The van der Waals surface area contributed by atoms with Crippen LogP contribution in [-0.2, 0) is 0 Å². The Morgan fingerprint density at radius 1 is 1.24 bits per heavy atom. The number of alkyl halides is 1. The van der Waals surface area contributed by atoms with Crippen LogP contribution in [0, 0.1) is 5.41 Å². The Balaban J connectivity index is 2.82. The average Bonchev–Trinajstić information content (AvgIpc) is 2.46. The fourth-order valence-corrected chi connectivity index (χ4v) is 4.14. The van der Waals surface area contributed by atoms with E-state index in [1.54, 1.807) is 0 Å². The largest absolute Gasteiger partial charge is 0.299 e. The first-order valence-electron chi connectivity index (χ1n) is 7.99. The van der Waals surface area contributed by atoms with Crippen LogP contribution in [0.5, 0.6) is 0 Å². The molecule has 0 fully saturated rings. The summed E-state index contributed by atoms with van der Waals surface area (Å²) in [6, 6.07) is 8.61. The van der Waals surface area contributed by atoms with Crippen molar-refractivity contribution in [2.45, 2.75) is 52.5 Å². The van der Waals surface area contributed by atoms with Crippen molar-refractivity contribution in [3.63, 3.8) is 0 Å². The van der Waals surface area contributed by atoms with Crippen LogP contribution < -0.4 is 0 Å². The molecular formula is C18H29BrClN. The van der Waals surface area contributed by atoms with E-state index < -0.39 is 0 Å². The van der Waals surface area contributed by atoms with Crippen molar-refractivity contribution in [2.24, 2.45) is 5.41 Å². The van der Waals surface area contributed by atoms with Gasteiger partial charge in [-0.1, -0.05) is 66.4 Å². The summed E-state index contributed by atoms with van der Waals surface area (Å²) < 4.78 is 0. The van der Waals surface area contributed by atoms with Crippen molar-refractivity contribution in [3.8, 4) is 0 Å². The molecule has 0 aliphatic carbocycles. The van der Waals surface area contributed by atoms with E-state index in [2.05, 4.69) is 60.8 Å². The van der Waals surface area contributed by atoms with Crippen LogP contribution in [-0.4, -0.2) is 23.8 Å². The van der Waals surface area contributed by atoms with Gasteiger partial charge in [0.05, 0.1) is 0 Å². The van der Waals surface area contributed by atoms with Crippen LogP contribution >= 0.6 is 27.5 Å². The normalized spacial score (nSPS) is 13.7. The molecule has 0 saturated carbocycles. The zero-order valence-electron chi connectivity index (χ0n) is 13.8. The number of hydrogen-bond donors (Lipinski definition) is 0. The zero-order valence-corrected chi connectivity index (χ0v) is 16.2. The molecule has 21 heavy (non-hydrogen) atoms. The van der Waals surface area contributed by atoms with Gasteiger partial charge in [0.15, 0.2) is 0 Å². The number of hydrogen-bond acceptors (Lipinski definition) is 1. The molecule has 1 unspecified atom stereocenters. The van der Waals surface area contributed by atoms with Gasteiger partial charge in [-0.3, -0.25) is 4.90 Å². The van der Waals surface area contributed by atoms with E-state index in [4.69, 9.17) is 11.6 Å². The van der Waals surface area contributed by atoms with Crippen LogP contribution in [0.4, 0.5) is 0 Å². The first-order chi connectivity index (χ1) is 9.98. The Bertz CT molecular complexity index is 415. The number of rotatable bonds is 9. The summed E-state index contributed by atoms with van der Waals surface area (Å²) in [4.78, 5) is 2.47. The van der Waals surface area contributed by atoms with Crippen LogP contribution in [0.1, 0.15) is 58.1 Å². The minimum absolute atomic E-state index is 0.380. The molecule has 0 N–H and O–H groups in total. The summed E-state index contributed by atoms with van der Waals surface area (Å²) in [5.74, 6) is 0. The molecule has 0 spiro atoms. The highest BCUT2D eigenvalue weighted by Crippen LogP contribution is 2.35.